The van der Waals surface area contributed by atoms with Crippen molar-refractivity contribution in [1.82, 2.24) is 0 Å². The summed E-state index contributed by atoms with van der Waals surface area (Å²) in [5.74, 6) is 0. The normalized spacial score (nSPS) is 32.1. The Kier molecular flexibility index (Phi) is 5.74. The standard InChI is InChI=1S/C24H30O6/c1-13-5-7-17(9-15(13)3)21-24(27,20(26)11-25)22-19(29-21)12-28-23(30-22)18-8-6-14(2)16(4)10-18/h5-10,19-23,25-27H,11-12H2,1-4H3/t19-,20+,21?,22+,23?,24-/m0/s1. The fraction of sp³-hybridized carbons (Fsp3) is 0.500. The molecule has 2 aromatic carbocycles. The van der Waals surface area contributed by atoms with Crippen LogP contribution in [0.3, 0.4) is 0 Å². The van der Waals surface area contributed by atoms with Crippen LogP contribution in [0, 0.1) is 27.7 Å². The van der Waals surface area contributed by atoms with Gasteiger partial charge in [-0.3, -0.25) is 0 Å². The Morgan fingerprint density at radius 1 is 0.933 bits per heavy atom. The smallest absolute Gasteiger partial charge is 0.184 e. The minimum absolute atomic E-state index is 0.212. The molecule has 2 heterocycles. The number of benzene rings is 2. The summed E-state index contributed by atoms with van der Waals surface area (Å²) in [5, 5.41) is 32.0. The van der Waals surface area contributed by atoms with Crippen molar-refractivity contribution >= 4 is 0 Å². The highest BCUT2D eigenvalue weighted by Crippen LogP contribution is 2.49. The van der Waals surface area contributed by atoms with E-state index in [4.69, 9.17) is 14.2 Å². The summed E-state index contributed by atoms with van der Waals surface area (Å²) in [6.45, 7) is 7.65. The van der Waals surface area contributed by atoms with Gasteiger partial charge in [0, 0.05) is 5.56 Å². The van der Waals surface area contributed by atoms with Gasteiger partial charge in [0.2, 0.25) is 0 Å². The largest absolute Gasteiger partial charge is 0.394 e. The monoisotopic (exact) mass is 414 g/mol. The van der Waals surface area contributed by atoms with Crippen LogP contribution in [0.2, 0.25) is 0 Å². The summed E-state index contributed by atoms with van der Waals surface area (Å²) in [5.41, 5.74) is 4.21. The molecule has 0 aliphatic carbocycles. The lowest BCUT2D eigenvalue weighted by molar-refractivity contribution is -0.274. The van der Waals surface area contributed by atoms with Gasteiger partial charge in [0.15, 0.2) is 11.9 Å². The Balaban J connectivity index is 1.69. The average Bonchev–Trinajstić information content (AvgIpc) is 3.04. The van der Waals surface area contributed by atoms with Crippen molar-refractivity contribution in [3.63, 3.8) is 0 Å². The van der Waals surface area contributed by atoms with E-state index in [-0.39, 0.29) is 6.61 Å². The van der Waals surface area contributed by atoms with Crippen molar-refractivity contribution in [2.75, 3.05) is 13.2 Å². The lowest BCUT2D eigenvalue weighted by atomic mass is 9.81. The molecule has 2 aliphatic rings. The van der Waals surface area contributed by atoms with E-state index in [9.17, 15) is 15.3 Å². The van der Waals surface area contributed by atoms with Gasteiger partial charge >= 0.3 is 0 Å². The number of ether oxygens (including phenoxy) is 3. The highest BCUT2D eigenvalue weighted by atomic mass is 16.7. The highest BCUT2D eigenvalue weighted by molar-refractivity contribution is 5.35. The Labute approximate surface area is 177 Å². The summed E-state index contributed by atoms with van der Waals surface area (Å²) < 4.78 is 18.2. The quantitative estimate of drug-likeness (QED) is 0.713. The Hall–Kier alpha value is -1.80. The molecule has 30 heavy (non-hydrogen) atoms. The molecule has 6 atom stereocenters. The van der Waals surface area contributed by atoms with Crippen molar-refractivity contribution in [2.24, 2.45) is 0 Å². The molecule has 6 heteroatoms. The zero-order valence-corrected chi connectivity index (χ0v) is 17.8. The third-order valence-corrected chi connectivity index (χ3v) is 6.55. The van der Waals surface area contributed by atoms with Crippen LogP contribution in [-0.2, 0) is 14.2 Å². The van der Waals surface area contributed by atoms with Crippen LogP contribution in [-0.4, -0.2) is 52.4 Å². The molecule has 2 aromatic rings. The lowest BCUT2D eigenvalue weighted by Crippen LogP contribution is -2.58. The third kappa shape index (κ3) is 3.47. The van der Waals surface area contributed by atoms with Gasteiger partial charge in [-0.25, -0.2) is 0 Å². The van der Waals surface area contributed by atoms with E-state index in [0.29, 0.717) is 0 Å². The van der Waals surface area contributed by atoms with E-state index in [1.54, 1.807) is 0 Å². The molecule has 0 radical (unpaired) electrons. The number of hydrogen-bond acceptors (Lipinski definition) is 6. The number of hydrogen-bond donors (Lipinski definition) is 3. The molecule has 0 spiro atoms. The lowest BCUT2D eigenvalue weighted by Gasteiger charge is -2.40. The van der Waals surface area contributed by atoms with Crippen LogP contribution in [0.4, 0.5) is 0 Å². The van der Waals surface area contributed by atoms with Gasteiger partial charge < -0.3 is 29.5 Å². The molecule has 2 saturated heterocycles. The molecular weight excluding hydrogens is 384 g/mol. The van der Waals surface area contributed by atoms with Gasteiger partial charge in [0.05, 0.1) is 13.2 Å². The summed E-state index contributed by atoms with van der Waals surface area (Å²) in [6, 6.07) is 11.7. The minimum Gasteiger partial charge on any atom is -0.394 e. The van der Waals surface area contributed by atoms with Crippen molar-refractivity contribution in [3.05, 3.63) is 69.8 Å². The number of aryl methyl sites for hydroxylation is 4. The summed E-state index contributed by atoms with van der Waals surface area (Å²) in [7, 11) is 0. The molecular formula is C24H30O6. The summed E-state index contributed by atoms with van der Waals surface area (Å²) in [4.78, 5) is 0. The first-order valence-corrected chi connectivity index (χ1v) is 10.3. The molecule has 3 N–H and O–H groups in total. The second kappa shape index (κ2) is 8.04. The molecule has 162 valence electrons. The zero-order valence-electron chi connectivity index (χ0n) is 17.8. The van der Waals surface area contributed by atoms with Crippen LogP contribution in [0.1, 0.15) is 45.8 Å². The van der Waals surface area contributed by atoms with Crippen LogP contribution in [0.25, 0.3) is 0 Å². The molecule has 0 amide bonds. The molecule has 0 saturated carbocycles. The fourth-order valence-corrected chi connectivity index (χ4v) is 4.35. The van der Waals surface area contributed by atoms with E-state index in [1.165, 1.54) is 5.56 Å². The Morgan fingerprint density at radius 3 is 2.13 bits per heavy atom. The third-order valence-electron chi connectivity index (χ3n) is 6.55. The van der Waals surface area contributed by atoms with Crippen LogP contribution >= 0.6 is 0 Å². The zero-order chi connectivity index (χ0) is 21.6. The topological polar surface area (TPSA) is 88.4 Å². The summed E-state index contributed by atoms with van der Waals surface area (Å²) >= 11 is 0. The minimum atomic E-state index is -1.82. The van der Waals surface area contributed by atoms with Crippen molar-refractivity contribution in [1.29, 1.82) is 0 Å². The maximum absolute atomic E-state index is 11.7. The molecule has 4 rings (SSSR count). The second-order valence-corrected chi connectivity index (χ2v) is 8.55. The van der Waals surface area contributed by atoms with Crippen molar-refractivity contribution < 1.29 is 29.5 Å². The number of aliphatic hydroxyl groups is 3. The van der Waals surface area contributed by atoms with E-state index in [1.807, 2.05) is 64.1 Å². The first kappa shape index (κ1) is 21.4. The average molecular weight is 414 g/mol. The van der Waals surface area contributed by atoms with Gasteiger partial charge in [-0.2, -0.15) is 0 Å². The molecule has 0 bridgehead atoms. The number of aliphatic hydroxyl groups excluding tert-OH is 2. The van der Waals surface area contributed by atoms with E-state index < -0.39 is 42.9 Å². The predicted octanol–water partition coefficient (Wildman–Crippen LogP) is 2.56. The van der Waals surface area contributed by atoms with Crippen molar-refractivity contribution in [2.45, 2.75) is 64.0 Å². The number of fused-ring (bicyclic) bond motifs is 1. The van der Waals surface area contributed by atoms with Gasteiger partial charge in [0.25, 0.3) is 0 Å². The van der Waals surface area contributed by atoms with Crippen molar-refractivity contribution in [3.8, 4) is 0 Å². The van der Waals surface area contributed by atoms with Gasteiger partial charge in [-0.05, 0) is 55.5 Å². The molecule has 2 unspecified atom stereocenters. The van der Waals surface area contributed by atoms with E-state index in [2.05, 4.69) is 0 Å². The van der Waals surface area contributed by atoms with Crippen LogP contribution < -0.4 is 0 Å². The van der Waals surface area contributed by atoms with E-state index in [0.717, 1.165) is 27.8 Å². The second-order valence-electron chi connectivity index (χ2n) is 8.55. The van der Waals surface area contributed by atoms with E-state index >= 15 is 0 Å². The molecule has 6 nitrogen and oxygen atoms in total. The SMILES string of the molecule is Cc1ccc(C2OC[C@@H]3OC(c4ccc(C)c(C)c4)[C@@](O)([C@H](O)CO)[C@@H]3O2)cc1C. The first-order chi connectivity index (χ1) is 14.3. The van der Waals surface area contributed by atoms with Gasteiger partial charge in [0.1, 0.15) is 24.4 Å². The fourth-order valence-electron chi connectivity index (χ4n) is 4.35. The van der Waals surface area contributed by atoms with Gasteiger partial charge in [-0.15, -0.1) is 0 Å². The molecule has 0 aromatic heterocycles. The van der Waals surface area contributed by atoms with Crippen LogP contribution in [0.15, 0.2) is 36.4 Å². The highest BCUT2D eigenvalue weighted by Gasteiger charge is 2.62. The maximum Gasteiger partial charge on any atom is 0.184 e. The number of rotatable bonds is 4. The Bertz CT molecular complexity index is 928. The first-order valence-electron chi connectivity index (χ1n) is 10.3. The maximum atomic E-state index is 11.7. The Morgan fingerprint density at radius 2 is 1.53 bits per heavy atom. The molecule has 2 aliphatic heterocycles. The van der Waals surface area contributed by atoms with Crippen LogP contribution in [0.5, 0.6) is 0 Å². The summed E-state index contributed by atoms with van der Waals surface area (Å²) in [6.07, 6.45) is -4.39. The predicted molar refractivity (Wildman–Crippen MR) is 111 cm³/mol. The van der Waals surface area contributed by atoms with Gasteiger partial charge in [-0.1, -0.05) is 36.4 Å². The molecule has 2 fully saturated rings.